The molecule has 1 N–H and O–H groups in total. The van der Waals surface area contributed by atoms with Crippen LogP contribution in [0.5, 0.6) is 0 Å². The summed E-state index contributed by atoms with van der Waals surface area (Å²) >= 11 is 3.61. The zero-order valence-electron chi connectivity index (χ0n) is 9.88. The molecule has 0 aromatic heterocycles. The molecule has 0 radical (unpaired) electrons. The SMILES string of the molecule is CNC(CCCc1ccccc1Br)C1CC1. The van der Waals surface area contributed by atoms with Crippen molar-refractivity contribution in [3.05, 3.63) is 34.3 Å². The van der Waals surface area contributed by atoms with E-state index in [1.165, 1.54) is 42.1 Å². The number of hydrogen-bond donors (Lipinski definition) is 1. The summed E-state index contributed by atoms with van der Waals surface area (Å²) in [6.07, 6.45) is 6.64. The Balaban J connectivity index is 1.77. The predicted octanol–water partition coefficient (Wildman–Crippen LogP) is 3.77. The van der Waals surface area contributed by atoms with Gasteiger partial charge in [-0.3, -0.25) is 0 Å². The third-order valence-electron chi connectivity index (χ3n) is 3.48. The van der Waals surface area contributed by atoms with Gasteiger partial charge in [0.05, 0.1) is 0 Å². The van der Waals surface area contributed by atoms with Crippen LogP contribution in [0.4, 0.5) is 0 Å². The molecule has 16 heavy (non-hydrogen) atoms. The average Bonchev–Trinajstić information content (AvgIpc) is 3.11. The van der Waals surface area contributed by atoms with Gasteiger partial charge >= 0.3 is 0 Å². The van der Waals surface area contributed by atoms with Gasteiger partial charge in [0.15, 0.2) is 0 Å². The Bertz CT molecular complexity index is 333. The molecule has 1 fully saturated rings. The zero-order chi connectivity index (χ0) is 11.4. The molecule has 0 bridgehead atoms. The molecule has 0 spiro atoms. The number of halogens is 1. The van der Waals surface area contributed by atoms with E-state index >= 15 is 0 Å². The van der Waals surface area contributed by atoms with Crippen LogP contribution >= 0.6 is 15.9 Å². The van der Waals surface area contributed by atoms with Gasteiger partial charge in [-0.05, 0) is 56.7 Å². The second-order valence-electron chi connectivity index (χ2n) is 4.72. The summed E-state index contributed by atoms with van der Waals surface area (Å²) in [5, 5.41) is 3.45. The zero-order valence-corrected chi connectivity index (χ0v) is 11.5. The Kier molecular flexibility index (Phi) is 4.42. The number of benzene rings is 1. The van der Waals surface area contributed by atoms with Crippen LogP contribution in [0.15, 0.2) is 28.7 Å². The van der Waals surface area contributed by atoms with Crippen LogP contribution in [-0.4, -0.2) is 13.1 Å². The van der Waals surface area contributed by atoms with Crippen molar-refractivity contribution in [2.45, 2.75) is 38.1 Å². The van der Waals surface area contributed by atoms with Crippen molar-refractivity contribution >= 4 is 15.9 Å². The van der Waals surface area contributed by atoms with Crippen molar-refractivity contribution < 1.29 is 0 Å². The summed E-state index contributed by atoms with van der Waals surface area (Å²) in [7, 11) is 2.10. The molecule has 1 unspecified atom stereocenters. The highest BCUT2D eigenvalue weighted by atomic mass is 79.9. The molecule has 88 valence electrons. The lowest BCUT2D eigenvalue weighted by Crippen LogP contribution is -2.27. The van der Waals surface area contributed by atoms with Crippen LogP contribution in [0.2, 0.25) is 0 Å². The van der Waals surface area contributed by atoms with Crippen molar-refractivity contribution in [2.75, 3.05) is 7.05 Å². The molecule has 0 aliphatic heterocycles. The minimum Gasteiger partial charge on any atom is -0.317 e. The van der Waals surface area contributed by atoms with Crippen LogP contribution in [0, 0.1) is 5.92 Å². The van der Waals surface area contributed by atoms with Crippen LogP contribution in [0.25, 0.3) is 0 Å². The third kappa shape index (κ3) is 3.33. The predicted molar refractivity (Wildman–Crippen MR) is 72.7 cm³/mol. The van der Waals surface area contributed by atoms with Gasteiger partial charge in [-0.15, -0.1) is 0 Å². The van der Waals surface area contributed by atoms with E-state index in [9.17, 15) is 0 Å². The van der Waals surface area contributed by atoms with E-state index in [1.807, 2.05) is 0 Å². The van der Waals surface area contributed by atoms with Crippen molar-refractivity contribution in [1.82, 2.24) is 5.32 Å². The van der Waals surface area contributed by atoms with Gasteiger partial charge in [0, 0.05) is 10.5 Å². The summed E-state index contributed by atoms with van der Waals surface area (Å²) in [5.74, 6) is 0.962. The topological polar surface area (TPSA) is 12.0 Å². The largest absolute Gasteiger partial charge is 0.317 e. The van der Waals surface area contributed by atoms with Gasteiger partial charge in [-0.25, -0.2) is 0 Å². The lowest BCUT2D eigenvalue weighted by molar-refractivity contribution is 0.456. The monoisotopic (exact) mass is 281 g/mol. The fourth-order valence-electron chi connectivity index (χ4n) is 2.33. The minimum absolute atomic E-state index is 0.752. The normalized spacial score (nSPS) is 17.4. The van der Waals surface area contributed by atoms with E-state index in [2.05, 4.69) is 52.6 Å². The second kappa shape index (κ2) is 5.83. The molecule has 2 rings (SSSR count). The standard InChI is InChI=1S/C14H20BrN/c1-16-14(12-9-10-12)8-4-6-11-5-2-3-7-13(11)15/h2-3,5,7,12,14,16H,4,6,8-10H2,1H3. The van der Waals surface area contributed by atoms with Gasteiger partial charge in [-0.1, -0.05) is 34.1 Å². The van der Waals surface area contributed by atoms with Crippen LogP contribution in [-0.2, 0) is 6.42 Å². The van der Waals surface area contributed by atoms with E-state index in [0.29, 0.717) is 0 Å². The van der Waals surface area contributed by atoms with Crippen LogP contribution in [0.1, 0.15) is 31.2 Å². The highest BCUT2D eigenvalue weighted by Crippen LogP contribution is 2.34. The van der Waals surface area contributed by atoms with Crippen molar-refractivity contribution in [3.8, 4) is 0 Å². The molecular weight excluding hydrogens is 262 g/mol. The first-order valence-corrected chi connectivity index (χ1v) is 7.01. The van der Waals surface area contributed by atoms with Crippen LogP contribution < -0.4 is 5.32 Å². The highest BCUT2D eigenvalue weighted by Gasteiger charge is 2.29. The molecule has 2 heteroatoms. The molecular formula is C14H20BrN. The van der Waals surface area contributed by atoms with Gasteiger partial charge in [-0.2, -0.15) is 0 Å². The molecule has 1 saturated carbocycles. The first-order chi connectivity index (χ1) is 7.81. The van der Waals surface area contributed by atoms with Gasteiger partial charge in [0.25, 0.3) is 0 Å². The van der Waals surface area contributed by atoms with Gasteiger partial charge in [0.1, 0.15) is 0 Å². The minimum atomic E-state index is 0.752. The first-order valence-electron chi connectivity index (χ1n) is 6.22. The Hall–Kier alpha value is -0.340. The number of hydrogen-bond acceptors (Lipinski definition) is 1. The van der Waals surface area contributed by atoms with E-state index < -0.39 is 0 Å². The van der Waals surface area contributed by atoms with Crippen molar-refractivity contribution in [1.29, 1.82) is 0 Å². The fraction of sp³-hybridized carbons (Fsp3) is 0.571. The smallest absolute Gasteiger partial charge is 0.0207 e. The molecule has 1 aliphatic rings. The molecule has 1 atom stereocenters. The quantitative estimate of drug-likeness (QED) is 0.837. The first kappa shape index (κ1) is 12.1. The Labute approximate surface area is 107 Å². The molecule has 1 aromatic carbocycles. The number of aryl methyl sites for hydroxylation is 1. The van der Waals surface area contributed by atoms with Crippen LogP contribution in [0.3, 0.4) is 0 Å². The summed E-state index contributed by atoms with van der Waals surface area (Å²) in [4.78, 5) is 0. The van der Waals surface area contributed by atoms with E-state index in [0.717, 1.165) is 12.0 Å². The van der Waals surface area contributed by atoms with E-state index in [-0.39, 0.29) is 0 Å². The molecule has 1 nitrogen and oxygen atoms in total. The molecule has 1 aliphatic carbocycles. The Morgan fingerprint density at radius 2 is 2.12 bits per heavy atom. The van der Waals surface area contributed by atoms with Gasteiger partial charge < -0.3 is 5.32 Å². The maximum Gasteiger partial charge on any atom is 0.0207 e. The number of nitrogens with one attached hydrogen (secondary N) is 1. The number of rotatable bonds is 6. The van der Waals surface area contributed by atoms with E-state index in [1.54, 1.807) is 0 Å². The highest BCUT2D eigenvalue weighted by molar-refractivity contribution is 9.10. The van der Waals surface area contributed by atoms with E-state index in [4.69, 9.17) is 0 Å². The summed E-state index contributed by atoms with van der Waals surface area (Å²) in [6.45, 7) is 0. The lowest BCUT2D eigenvalue weighted by Gasteiger charge is -2.15. The third-order valence-corrected chi connectivity index (χ3v) is 4.25. The van der Waals surface area contributed by atoms with Crippen molar-refractivity contribution in [2.24, 2.45) is 5.92 Å². The average molecular weight is 282 g/mol. The lowest BCUT2D eigenvalue weighted by atomic mass is 10.0. The summed E-state index contributed by atoms with van der Waals surface area (Å²) < 4.78 is 1.25. The summed E-state index contributed by atoms with van der Waals surface area (Å²) in [5.41, 5.74) is 1.44. The molecule has 0 amide bonds. The fourth-order valence-corrected chi connectivity index (χ4v) is 2.81. The van der Waals surface area contributed by atoms with Gasteiger partial charge in [0.2, 0.25) is 0 Å². The molecule has 0 saturated heterocycles. The second-order valence-corrected chi connectivity index (χ2v) is 5.57. The Morgan fingerprint density at radius 3 is 2.75 bits per heavy atom. The maximum atomic E-state index is 3.61. The summed E-state index contributed by atoms with van der Waals surface area (Å²) in [6, 6.07) is 9.30. The molecule has 0 heterocycles. The molecule has 1 aromatic rings. The Morgan fingerprint density at radius 1 is 1.38 bits per heavy atom. The van der Waals surface area contributed by atoms with Crippen molar-refractivity contribution in [3.63, 3.8) is 0 Å². The maximum absolute atomic E-state index is 3.61.